The fraction of sp³-hybridized carbons (Fsp3) is 0.200. The van der Waals surface area contributed by atoms with E-state index in [-0.39, 0.29) is 6.61 Å². The monoisotopic (exact) mass is 309 g/mol. The first-order chi connectivity index (χ1) is 9.63. The molecule has 0 amide bonds. The predicted molar refractivity (Wildman–Crippen MR) is 84.5 cm³/mol. The van der Waals surface area contributed by atoms with Crippen molar-refractivity contribution in [3.05, 3.63) is 53.6 Å². The van der Waals surface area contributed by atoms with Gasteiger partial charge in [0, 0.05) is 27.4 Å². The van der Waals surface area contributed by atoms with Crippen LogP contribution in [0.25, 0.3) is 0 Å². The first-order valence-electron chi connectivity index (χ1n) is 6.18. The molecule has 2 rings (SSSR count). The molecule has 0 aromatic heterocycles. The Kier molecular flexibility index (Phi) is 5.59. The minimum absolute atomic E-state index is 0.233. The molecule has 0 radical (unpaired) electrons. The van der Waals surface area contributed by atoms with E-state index in [1.165, 1.54) is 0 Å². The molecular formula is C15H16ClNO2S. The molecule has 1 unspecified atom stereocenters. The largest absolute Gasteiger partial charge is 0.491 e. The number of rotatable bonds is 6. The average Bonchev–Trinajstić information content (AvgIpc) is 2.43. The van der Waals surface area contributed by atoms with Crippen LogP contribution in [0.1, 0.15) is 0 Å². The summed E-state index contributed by atoms with van der Waals surface area (Å²) in [5, 5.41) is 10.6. The van der Waals surface area contributed by atoms with Gasteiger partial charge in [-0.1, -0.05) is 23.7 Å². The van der Waals surface area contributed by atoms with Gasteiger partial charge < -0.3 is 15.6 Å². The summed E-state index contributed by atoms with van der Waals surface area (Å²) in [4.78, 5) is 1.03. The number of benzene rings is 2. The van der Waals surface area contributed by atoms with Crippen LogP contribution in [-0.4, -0.2) is 23.6 Å². The summed E-state index contributed by atoms with van der Waals surface area (Å²) in [6.45, 7) is 0.233. The molecule has 5 heteroatoms. The standard InChI is InChI=1S/C15H16ClNO2S/c16-11-3-1-6-15(7-11)20-10-13(18)9-19-14-5-2-4-12(17)8-14/h1-8,13,18H,9-10,17H2. The second kappa shape index (κ2) is 7.43. The maximum absolute atomic E-state index is 9.90. The molecule has 0 aliphatic carbocycles. The average molecular weight is 310 g/mol. The first-order valence-corrected chi connectivity index (χ1v) is 7.54. The van der Waals surface area contributed by atoms with Gasteiger partial charge in [-0.15, -0.1) is 11.8 Å². The Morgan fingerprint density at radius 3 is 2.75 bits per heavy atom. The van der Waals surface area contributed by atoms with E-state index < -0.39 is 6.10 Å². The Labute approximate surface area is 127 Å². The SMILES string of the molecule is Nc1cccc(OCC(O)CSc2cccc(Cl)c2)c1. The van der Waals surface area contributed by atoms with E-state index in [2.05, 4.69) is 0 Å². The molecule has 0 heterocycles. The lowest BCUT2D eigenvalue weighted by Crippen LogP contribution is -2.20. The van der Waals surface area contributed by atoms with Crippen molar-refractivity contribution < 1.29 is 9.84 Å². The third-order valence-corrected chi connectivity index (χ3v) is 3.91. The zero-order valence-corrected chi connectivity index (χ0v) is 12.4. The fourth-order valence-electron chi connectivity index (χ4n) is 1.59. The quantitative estimate of drug-likeness (QED) is 0.634. The first kappa shape index (κ1) is 15.0. The maximum Gasteiger partial charge on any atom is 0.121 e. The summed E-state index contributed by atoms with van der Waals surface area (Å²) in [5.41, 5.74) is 6.30. The van der Waals surface area contributed by atoms with E-state index in [1.54, 1.807) is 23.9 Å². The highest BCUT2D eigenvalue weighted by atomic mass is 35.5. The summed E-state index contributed by atoms with van der Waals surface area (Å²) in [5.74, 6) is 1.21. The van der Waals surface area contributed by atoms with Crippen LogP contribution < -0.4 is 10.5 Å². The van der Waals surface area contributed by atoms with Crippen LogP contribution in [0.2, 0.25) is 5.02 Å². The zero-order valence-electron chi connectivity index (χ0n) is 10.8. The fourth-order valence-corrected chi connectivity index (χ4v) is 2.72. The van der Waals surface area contributed by atoms with Gasteiger partial charge in [-0.05, 0) is 30.3 Å². The molecule has 3 nitrogen and oxygen atoms in total. The van der Waals surface area contributed by atoms with Crippen molar-refractivity contribution in [2.45, 2.75) is 11.0 Å². The number of aliphatic hydroxyl groups excluding tert-OH is 1. The second-order valence-corrected chi connectivity index (χ2v) is 5.84. The molecule has 0 aliphatic heterocycles. The van der Waals surface area contributed by atoms with Crippen LogP contribution in [0, 0.1) is 0 Å². The lowest BCUT2D eigenvalue weighted by atomic mass is 10.3. The van der Waals surface area contributed by atoms with Crippen LogP contribution in [0.5, 0.6) is 5.75 Å². The molecule has 20 heavy (non-hydrogen) atoms. The molecule has 106 valence electrons. The molecular weight excluding hydrogens is 294 g/mol. The normalized spacial score (nSPS) is 12.1. The summed E-state index contributed by atoms with van der Waals surface area (Å²) >= 11 is 7.45. The third kappa shape index (κ3) is 4.96. The summed E-state index contributed by atoms with van der Waals surface area (Å²) in [6, 6.07) is 14.7. The van der Waals surface area contributed by atoms with Gasteiger partial charge >= 0.3 is 0 Å². The smallest absolute Gasteiger partial charge is 0.121 e. The third-order valence-electron chi connectivity index (χ3n) is 2.54. The van der Waals surface area contributed by atoms with E-state index in [4.69, 9.17) is 22.1 Å². The van der Waals surface area contributed by atoms with E-state index in [1.807, 2.05) is 36.4 Å². The molecule has 0 saturated heterocycles. The Hall–Kier alpha value is -1.36. The van der Waals surface area contributed by atoms with Crippen molar-refractivity contribution in [2.75, 3.05) is 18.1 Å². The zero-order chi connectivity index (χ0) is 14.4. The second-order valence-electron chi connectivity index (χ2n) is 4.31. The van der Waals surface area contributed by atoms with Crippen LogP contribution in [0.4, 0.5) is 5.69 Å². The van der Waals surface area contributed by atoms with Crippen LogP contribution in [0.15, 0.2) is 53.4 Å². The van der Waals surface area contributed by atoms with Gasteiger partial charge in [0.2, 0.25) is 0 Å². The number of hydrogen-bond donors (Lipinski definition) is 2. The predicted octanol–water partition coefficient (Wildman–Crippen LogP) is 3.45. The Morgan fingerprint density at radius 2 is 2.00 bits per heavy atom. The highest BCUT2D eigenvalue weighted by Crippen LogP contribution is 2.22. The lowest BCUT2D eigenvalue weighted by Gasteiger charge is -2.12. The highest BCUT2D eigenvalue weighted by Gasteiger charge is 2.07. The van der Waals surface area contributed by atoms with Crippen LogP contribution >= 0.6 is 23.4 Å². The Balaban J connectivity index is 1.77. The van der Waals surface area contributed by atoms with Gasteiger partial charge in [0.05, 0.1) is 6.10 Å². The molecule has 2 aromatic rings. The topological polar surface area (TPSA) is 55.5 Å². The highest BCUT2D eigenvalue weighted by molar-refractivity contribution is 7.99. The van der Waals surface area contributed by atoms with Crippen molar-refractivity contribution in [1.82, 2.24) is 0 Å². The number of aliphatic hydroxyl groups is 1. The van der Waals surface area contributed by atoms with E-state index in [0.29, 0.717) is 22.2 Å². The Morgan fingerprint density at radius 1 is 1.20 bits per heavy atom. The van der Waals surface area contributed by atoms with Gasteiger partial charge in [0.1, 0.15) is 12.4 Å². The van der Waals surface area contributed by atoms with Crippen molar-refractivity contribution >= 4 is 29.1 Å². The number of hydrogen-bond acceptors (Lipinski definition) is 4. The van der Waals surface area contributed by atoms with Gasteiger partial charge in [0.15, 0.2) is 0 Å². The van der Waals surface area contributed by atoms with E-state index in [0.717, 1.165) is 4.90 Å². The molecule has 0 saturated carbocycles. The molecule has 3 N–H and O–H groups in total. The number of anilines is 1. The summed E-state index contributed by atoms with van der Waals surface area (Å²) < 4.78 is 5.49. The number of nitrogens with two attached hydrogens (primary N) is 1. The van der Waals surface area contributed by atoms with Gasteiger partial charge in [0.25, 0.3) is 0 Å². The van der Waals surface area contributed by atoms with Gasteiger partial charge in [-0.25, -0.2) is 0 Å². The molecule has 0 aliphatic rings. The number of halogens is 1. The van der Waals surface area contributed by atoms with Crippen LogP contribution in [-0.2, 0) is 0 Å². The molecule has 0 fully saturated rings. The van der Waals surface area contributed by atoms with E-state index in [9.17, 15) is 5.11 Å². The number of thioether (sulfide) groups is 1. The van der Waals surface area contributed by atoms with Crippen molar-refractivity contribution in [2.24, 2.45) is 0 Å². The summed E-state index contributed by atoms with van der Waals surface area (Å²) in [7, 11) is 0. The van der Waals surface area contributed by atoms with Crippen LogP contribution in [0.3, 0.4) is 0 Å². The van der Waals surface area contributed by atoms with Crippen molar-refractivity contribution in [1.29, 1.82) is 0 Å². The lowest BCUT2D eigenvalue weighted by molar-refractivity contribution is 0.126. The Bertz CT molecular complexity index is 516. The van der Waals surface area contributed by atoms with Gasteiger partial charge in [-0.3, -0.25) is 0 Å². The van der Waals surface area contributed by atoms with Crippen molar-refractivity contribution in [3.63, 3.8) is 0 Å². The van der Waals surface area contributed by atoms with E-state index >= 15 is 0 Å². The minimum Gasteiger partial charge on any atom is -0.491 e. The van der Waals surface area contributed by atoms with Crippen molar-refractivity contribution in [3.8, 4) is 5.75 Å². The summed E-state index contributed by atoms with van der Waals surface area (Å²) in [6.07, 6.45) is -0.555. The van der Waals surface area contributed by atoms with Gasteiger partial charge in [-0.2, -0.15) is 0 Å². The molecule has 0 spiro atoms. The number of nitrogen functional groups attached to an aromatic ring is 1. The molecule has 0 bridgehead atoms. The number of ether oxygens (including phenoxy) is 1. The molecule has 2 aromatic carbocycles. The minimum atomic E-state index is -0.555. The maximum atomic E-state index is 9.90. The molecule has 1 atom stereocenters.